The van der Waals surface area contributed by atoms with Crippen LogP contribution in [0.2, 0.25) is 0 Å². The van der Waals surface area contributed by atoms with Crippen molar-refractivity contribution in [2.24, 2.45) is 5.73 Å². The summed E-state index contributed by atoms with van der Waals surface area (Å²) in [5, 5.41) is 0. The summed E-state index contributed by atoms with van der Waals surface area (Å²) in [6.07, 6.45) is 0.176. The quantitative estimate of drug-likeness (QED) is 0.897. The first-order valence-electron chi connectivity index (χ1n) is 6.91. The number of hydrogen-bond acceptors (Lipinski definition) is 4. The lowest BCUT2D eigenvalue weighted by atomic mass is 10.1. The maximum Gasteiger partial charge on any atom is 0.225 e. The first-order valence-corrected chi connectivity index (χ1v) is 8.06. The molecule has 0 radical (unpaired) electrons. The summed E-state index contributed by atoms with van der Waals surface area (Å²) in [5.74, 6) is 2.09. The summed E-state index contributed by atoms with van der Waals surface area (Å²) >= 11 is 1.90. The zero-order valence-corrected chi connectivity index (χ0v) is 12.6. The van der Waals surface area contributed by atoms with Gasteiger partial charge in [0.1, 0.15) is 0 Å². The highest BCUT2D eigenvalue weighted by Gasteiger charge is 2.29. The fourth-order valence-corrected chi connectivity index (χ4v) is 3.52. The lowest BCUT2D eigenvalue weighted by molar-refractivity contribution is -0.135. The molecule has 0 aromatic heterocycles. The van der Waals surface area contributed by atoms with Crippen molar-refractivity contribution in [2.75, 3.05) is 31.7 Å². The maximum atomic E-state index is 12.5. The Labute approximate surface area is 124 Å². The number of ether oxygens (including phenoxy) is 1. The number of carbonyl (C=O) groups is 1. The SMILES string of the molecule is COC(CN)CC(=O)N1CCSCC1c1ccccc1. The van der Waals surface area contributed by atoms with Gasteiger partial charge in [-0.05, 0) is 5.56 Å². The van der Waals surface area contributed by atoms with Crippen LogP contribution in [0.1, 0.15) is 18.0 Å². The number of methoxy groups -OCH3 is 1. The Hall–Kier alpha value is -1.04. The standard InChI is InChI=1S/C15H22N2O2S/c1-19-13(10-16)9-15(18)17-7-8-20-11-14(17)12-5-3-2-4-6-12/h2-6,13-14H,7-11,16H2,1H3. The minimum Gasteiger partial charge on any atom is -0.380 e. The van der Waals surface area contributed by atoms with Crippen molar-refractivity contribution in [1.82, 2.24) is 4.90 Å². The average Bonchev–Trinajstić information content (AvgIpc) is 2.53. The number of amides is 1. The first kappa shape index (κ1) is 15.4. The third-order valence-electron chi connectivity index (χ3n) is 3.63. The fraction of sp³-hybridized carbons (Fsp3) is 0.533. The Kier molecular flexibility index (Phi) is 5.88. The largest absolute Gasteiger partial charge is 0.380 e. The van der Waals surface area contributed by atoms with Gasteiger partial charge in [0.25, 0.3) is 0 Å². The molecule has 5 heteroatoms. The van der Waals surface area contributed by atoms with Crippen molar-refractivity contribution in [1.29, 1.82) is 0 Å². The van der Waals surface area contributed by atoms with Crippen molar-refractivity contribution < 1.29 is 9.53 Å². The number of carbonyl (C=O) groups excluding carboxylic acids is 1. The third kappa shape index (κ3) is 3.75. The highest BCUT2D eigenvalue weighted by atomic mass is 32.2. The van der Waals surface area contributed by atoms with E-state index >= 15 is 0 Å². The van der Waals surface area contributed by atoms with E-state index in [4.69, 9.17) is 10.5 Å². The molecule has 1 fully saturated rings. The number of rotatable bonds is 5. The molecule has 1 heterocycles. The Morgan fingerprint density at radius 1 is 1.50 bits per heavy atom. The number of nitrogens with zero attached hydrogens (tertiary/aromatic N) is 1. The van der Waals surface area contributed by atoms with Gasteiger partial charge in [-0.15, -0.1) is 0 Å². The molecule has 2 rings (SSSR count). The Morgan fingerprint density at radius 3 is 2.90 bits per heavy atom. The average molecular weight is 294 g/mol. The molecule has 2 N–H and O–H groups in total. The second kappa shape index (κ2) is 7.67. The molecule has 2 unspecified atom stereocenters. The molecule has 1 aliphatic rings. The summed E-state index contributed by atoms with van der Waals surface area (Å²) in [7, 11) is 1.60. The highest BCUT2D eigenvalue weighted by molar-refractivity contribution is 7.99. The molecule has 0 saturated carbocycles. The molecule has 20 heavy (non-hydrogen) atoms. The molecule has 1 aliphatic heterocycles. The minimum atomic E-state index is -0.187. The van der Waals surface area contributed by atoms with Crippen molar-refractivity contribution in [2.45, 2.75) is 18.6 Å². The molecule has 0 bridgehead atoms. The highest BCUT2D eigenvalue weighted by Crippen LogP contribution is 2.30. The van der Waals surface area contributed by atoms with E-state index in [1.807, 2.05) is 34.9 Å². The van der Waals surface area contributed by atoms with Gasteiger partial charge in [0.15, 0.2) is 0 Å². The number of thioether (sulfide) groups is 1. The van der Waals surface area contributed by atoms with Gasteiger partial charge in [-0.2, -0.15) is 11.8 Å². The normalized spacial score (nSPS) is 20.7. The second-order valence-electron chi connectivity index (χ2n) is 4.89. The van der Waals surface area contributed by atoms with Gasteiger partial charge >= 0.3 is 0 Å². The van der Waals surface area contributed by atoms with Crippen molar-refractivity contribution >= 4 is 17.7 Å². The van der Waals surface area contributed by atoms with Crippen LogP contribution in [0, 0.1) is 0 Å². The maximum absolute atomic E-state index is 12.5. The Bertz CT molecular complexity index is 423. The summed E-state index contributed by atoms with van der Waals surface area (Å²) in [4.78, 5) is 14.5. The zero-order valence-electron chi connectivity index (χ0n) is 11.8. The number of benzene rings is 1. The predicted octanol–water partition coefficient (Wildman–Crippen LogP) is 1.67. The second-order valence-corrected chi connectivity index (χ2v) is 6.04. The van der Waals surface area contributed by atoms with E-state index in [0.29, 0.717) is 13.0 Å². The monoisotopic (exact) mass is 294 g/mol. The molecule has 1 aromatic rings. The van der Waals surface area contributed by atoms with Crippen LogP contribution in [0.3, 0.4) is 0 Å². The lowest BCUT2D eigenvalue weighted by Gasteiger charge is -2.36. The Balaban J connectivity index is 2.09. The fourth-order valence-electron chi connectivity index (χ4n) is 2.43. The third-order valence-corrected chi connectivity index (χ3v) is 4.65. The lowest BCUT2D eigenvalue weighted by Crippen LogP contribution is -2.43. The molecule has 4 nitrogen and oxygen atoms in total. The molecular formula is C15H22N2O2S. The zero-order chi connectivity index (χ0) is 14.4. The molecule has 1 aromatic carbocycles. The summed E-state index contributed by atoms with van der Waals surface area (Å²) in [5.41, 5.74) is 6.81. The van der Waals surface area contributed by atoms with Crippen molar-refractivity contribution in [3.63, 3.8) is 0 Å². The van der Waals surface area contributed by atoms with Gasteiger partial charge in [0.05, 0.1) is 18.6 Å². The van der Waals surface area contributed by atoms with E-state index in [0.717, 1.165) is 18.1 Å². The van der Waals surface area contributed by atoms with Crippen LogP contribution in [0.5, 0.6) is 0 Å². The molecule has 0 aliphatic carbocycles. The molecule has 0 spiro atoms. The summed E-state index contributed by atoms with van der Waals surface area (Å²) in [6, 6.07) is 10.4. The first-order chi connectivity index (χ1) is 9.76. The topological polar surface area (TPSA) is 55.6 Å². The van der Waals surface area contributed by atoms with Crippen LogP contribution in [-0.2, 0) is 9.53 Å². The van der Waals surface area contributed by atoms with Gasteiger partial charge in [-0.1, -0.05) is 30.3 Å². The number of hydrogen-bond donors (Lipinski definition) is 1. The van der Waals surface area contributed by atoms with Crippen LogP contribution in [0.15, 0.2) is 30.3 Å². The molecule has 2 atom stereocenters. The van der Waals surface area contributed by atoms with Gasteiger partial charge in [-0.25, -0.2) is 0 Å². The molecule has 1 saturated heterocycles. The molecular weight excluding hydrogens is 272 g/mol. The van der Waals surface area contributed by atoms with E-state index in [-0.39, 0.29) is 18.1 Å². The van der Waals surface area contributed by atoms with Crippen LogP contribution in [0.4, 0.5) is 0 Å². The van der Waals surface area contributed by atoms with Crippen LogP contribution in [0.25, 0.3) is 0 Å². The smallest absolute Gasteiger partial charge is 0.225 e. The minimum absolute atomic E-state index is 0.136. The van der Waals surface area contributed by atoms with Gasteiger partial charge in [-0.3, -0.25) is 4.79 Å². The number of nitrogens with two attached hydrogens (primary N) is 1. The van der Waals surface area contributed by atoms with Crippen LogP contribution < -0.4 is 5.73 Å². The van der Waals surface area contributed by atoms with E-state index in [1.54, 1.807) is 7.11 Å². The molecule has 1 amide bonds. The van der Waals surface area contributed by atoms with Gasteiger partial charge in [0, 0.05) is 31.7 Å². The molecule has 110 valence electrons. The predicted molar refractivity (Wildman–Crippen MR) is 82.7 cm³/mol. The van der Waals surface area contributed by atoms with Gasteiger partial charge in [0.2, 0.25) is 5.91 Å². The Morgan fingerprint density at radius 2 is 2.25 bits per heavy atom. The van der Waals surface area contributed by atoms with E-state index in [9.17, 15) is 4.79 Å². The summed E-state index contributed by atoms with van der Waals surface area (Å²) in [6.45, 7) is 1.17. The van der Waals surface area contributed by atoms with E-state index < -0.39 is 0 Å². The van der Waals surface area contributed by atoms with E-state index in [1.165, 1.54) is 5.56 Å². The van der Waals surface area contributed by atoms with Crippen molar-refractivity contribution in [3.8, 4) is 0 Å². The summed E-state index contributed by atoms with van der Waals surface area (Å²) < 4.78 is 5.22. The van der Waals surface area contributed by atoms with E-state index in [2.05, 4.69) is 12.1 Å². The van der Waals surface area contributed by atoms with Crippen LogP contribution in [-0.4, -0.2) is 48.6 Å². The van der Waals surface area contributed by atoms with Crippen molar-refractivity contribution in [3.05, 3.63) is 35.9 Å². The van der Waals surface area contributed by atoms with Crippen LogP contribution >= 0.6 is 11.8 Å². The van der Waals surface area contributed by atoms with Gasteiger partial charge < -0.3 is 15.4 Å².